The van der Waals surface area contributed by atoms with Crippen molar-refractivity contribution in [2.75, 3.05) is 37.6 Å². The minimum atomic E-state index is -0.640. The predicted octanol–water partition coefficient (Wildman–Crippen LogP) is 1.67. The number of thioether (sulfide) groups is 1. The topological polar surface area (TPSA) is 162 Å². The van der Waals surface area contributed by atoms with Gasteiger partial charge in [-0.3, -0.25) is 19.4 Å². The van der Waals surface area contributed by atoms with Gasteiger partial charge in [0.05, 0.1) is 26.2 Å². The molecule has 3 rings (SSSR count). The molecule has 0 fully saturated rings. The summed E-state index contributed by atoms with van der Waals surface area (Å²) in [5.74, 6) is 0.256. The average Bonchev–Trinajstić information content (AvgIpc) is 3.35. The summed E-state index contributed by atoms with van der Waals surface area (Å²) in [5.41, 5.74) is 5.95. The molecule has 0 unspecified atom stereocenters. The second kappa shape index (κ2) is 11.1. The van der Waals surface area contributed by atoms with Crippen molar-refractivity contribution in [1.82, 2.24) is 15.3 Å². The van der Waals surface area contributed by atoms with Crippen LogP contribution in [0.1, 0.15) is 16.1 Å². The molecule has 174 valence electrons. The summed E-state index contributed by atoms with van der Waals surface area (Å²) >= 11 is 1.01. The highest BCUT2D eigenvalue weighted by Crippen LogP contribution is 2.27. The highest BCUT2D eigenvalue weighted by Gasteiger charge is 2.16. The molecule has 0 aliphatic rings. The number of furan rings is 1. The van der Waals surface area contributed by atoms with Crippen molar-refractivity contribution in [2.24, 2.45) is 0 Å². The lowest BCUT2D eigenvalue weighted by Crippen LogP contribution is -2.27. The Labute approximate surface area is 193 Å². The van der Waals surface area contributed by atoms with Crippen molar-refractivity contribution in [3.05, 3.63) is 58.3 Å². The number of aromatic nitrogens is 2. The van der Waals surface area contributed by atoms with Crippen LogP contribution in [0.2, 0.25) is 0 Å². The Morgan fingerprint density at radius 1 is 1.21 bits per heavy atom. The molecule has 0 radical (unpaired) electrons. The number of nitrogens with zero attached hydrogens (tertiary/aromatic N) is 1. The Bertz CT molecular complexity index is 1180. The van der Waals surface area contributed by atoms with E-state index in [1.807, 2.05) is 12.1 Å². The van der Waals surface area contributed by atoms with E-state index in [9.17, 15) is 14.4 Å². The van der Waals surface area contributed by atoms with Crippen molar-refractivity contribution in [1.29, 1.82) is 0 Å². The van der Waals surface area contributed by atoms with Gasteiger partial charge in [0.2, 0.25) is 5.91 Å². The molecule has 2 amide bonds. The van der Waals surface area contributed by atoms with Gasteiger partial charge in [-0.15, -0.1) is 0 Å². The van der Waals surface area contributed by atoms with Crippen LogP contribution in [0.5, 0.6) is 11.5 Å². The maximum atomic E-state index is 12.3. The van der Waals surface area contributed by atoms with Crippen molar-refractivity contribution < 1.29 is 23.5 Å². The normalized spacial score (nSPS) is 10.5. The van der Waals surface area contributed by atoms with Crippen LogP contribution < -0.4 is 31.4 Å². The summed E-state index contributed by atoms with van der Waals surface area (Å²) in [6.07, 6.45) is 1.93. The fourth-order valence-corrected chi connectivity index (χ4v) is 3.51. The van der Waals surface area contributed by atoms with Gasteiger partial charge in [-0.2, -0.15) is 0 Å². The highest BCUT2D eigenvalue weighted by atomic mass is 32.2. The van der Waals surface area contributed by atoms with E-state index in [2.05, 4.69) is 20.6 Å². The predicted molar refractivity (Wildman–Crippen MR) is 123 cm³/mol. The van der Waals surface area contributed by atoms with Gasteiger partial charge < -0.3 is 30.3 Å². The van der Waals surface area contributed by atoms with Crippen LogP contribution in [0.4, 0.5) is 11.5 Å². The highest BCUT2D eigenvalue weighted by molar-refractivity contribution is 7.99. The van der Waals surface area contributed by atoms with Crippen LogP contribution in [0.25, 0.3) is 0 Å². The number of nitrogens with one attached hydrogen (secondary N) is 3. The number of carbonyl (C=O) groups excluding carboxylic acids is 2. The number of H-pyrrole nitrogens is 1. The third kappa shape index (κ3) is 6.29. The molecular weight excluding hydrogens is 450 g/mol. The van der Waals surface area contributed by atoms with Crippen LogP contribution in [-0.2, 0) is 11.2 Å². The van der Waals surface area contributed by atoms with Gasteiger partial charge >= 0.3 is 0 Å². The van der Waals surface area contributed by atoms with E-state index in [4.69, 9.17) is 19.6 Å². The monoisotopic (exact) mass is 473 g/mol. The summed E-state index contributed by atoms with van der Waals surface area (Å²) in [7, 11) is 3.13. The Morgan fingerprint density at radius 3 is 2.67 bits per heavy atom. The number of rotatable bonds is 10. The maximum absolute atomic E-state index is 12.3. The number of nitrogen functional groups attached to an aromatic ring is 1. The number of hydrogen-bond acceptors (Lipinski definition) is 9. The van der Waals surface area contributed by atoms with Gasteiger partial charge in [0.25, 0.3) is 11.5 Å². The number of aromatic amines is 1. The molecule has 12 heteroatoms. The smallest absolute Gasteiger partial charge is 0.291 e. The summed E-state index contributed by atoms with van der Waals surface area (Å²) < 4.78 is 15.4. The Kier molecular flexibility index (Phi) is 7.97. The largest absolute Gasteiger partial charge is 0.493 e. The first-order chi connectivity index (χ1) is 15.9. The zero-order valence-corrected chi connectivity index (χ0v) is 18.8. The van der Waals surface area contributed by atoms with Gasteiger partial charge in [0.15, 0.2) is 33.9 Å². The number of anilines is 2. The van der Waals surface area contributed by atoms with Crippen LogP contribution in [-0.4, -0.2) is 48.3 Å². The second-order valence-corrected chi connectivity index (χ2v) is 7.60. The maximum Gasteiger partial charge on any atom is 0.291 e. The number of benzene rings is 1. The molecule has 0 aliphatic carbocycles. The number of methoxy groups -OCH3 is 2. The Hall–Kier alpha value is -3.93. The van der Waals surface area contributed by atoms with Crippen LogP contribution >= 0.6 is 11.8 Å². The molecule has 0 spiro atoms. The fourth-order valence-electron chi connectivity index (χ4n) is 2.81. The van der Waals surface area contributed by atoms with Crippen LogP contribution in [0.15, 0.2) is 51.0 Å². The first-order valence-corrected chi connectivity index (χ1v) is 10.7. The number of amides is 2. The molecule has 1 aromatic carbocycles. The zero-order chi connectivity index (χ0) is 23.8. The quantitative estimate of drug-likeness (QED) is 0.253. The van der Waals surface area contributed by atoms with Crippen molar-refractivity contribution in [3.63, 3.8) is 0 Å². The van der Waals surface area contributed by atoms with E-state index in [0.717, 1.165) is 17.3 Å². The lowest BCUT2D eigenvalue weighted by Gasteiger charge is -2.10. The number of nitrogens with two attached hydrogens (primary N) is 1. The first kappa shape index (κ1) is 23.7. The van der Waals surface area contributed by atoms with Gasteiger partial charge in [0.1, 0.15) is 0 Å². The van der Waals surface area contributed by atoms with Crippen molar-refractivity contribution in [2.45, 2.75) is 11.6 Å². The molecular formula is C21H23N5O6S. The summed E-state index contributed by atoms with van der Waals surface area (Å²) in [5, 5.41) is 5.32. The molecule has 11 nitrogen and oxygen atoms in total. The molecule has 5 N–H and O–H groups in total. The molecule has 0 aliphatic heterocycles. The van der Waals surface area contributed by atoms with E-state index in [1.54, 1.807) is 26.4 Å². The Morgan fingerprint density at radius 2 is 2.00 bits per heavy atom. The fraction of sp³-hybridized carbons (Fsp3) is 0.238. The number of ether oxygens (including phenoxy) is 2. The SMILES string of the molecule is COc1ccc(CCNC(=O)CSc2nc(N)c(NC(=O)c3ccco3)c(=O)[nH]2)cc1OC. The number of carbonyl (C=O) groups is 2. The van der Waals surface area contributed by atoms with E-state index >= 15 is 0 Å². The minimum absolute atomic E-state index is 0.0203. The average molecular weight is 474 g/mol. The van der Waals surface area contributed by atoms with Crippen molar-refractivity contribution >= 4 is 35.1 Å². The summed E-state index contributed by atoms with van der Waals surface area (Å²) in [6.45, 7) is 0.415. The van der Waals surface area contributed by atoms with Gasteiger partial charge in [-0.1, -0.05) is 17.8 Å². The van der Waals surface area contributed by atoms with Gasteiger partial charge in [0, 0.05) is 6.54 Å². The second-order valence-electron chi connectivity index (χ2n) is 6.64. The third-order valence-electron chi connectivity index (χ3n) is 4.43. The van der Waals surface area contributed by atoms with E-state index in [1.165, 1.54) is 12.3 Å². The molecule has 0 saturated heterocycles. The lowest BCUT2D eigenvalue weighted by atomic mass is 10.1. The molecule has 33 heavy (non-hydrogen) atoms. The summed E-state index contributed by atoms with van der Waals surface area (Å²) in [4.78, 5) is 43.0. The molecule has 0 atom stereocenters. The van der Waals surface area contributed by atoms with Gasteiger partial charge in [-0.05, 0) is 36.2 Å². The number of hydrogen-bond donors (Lipinski definition) is 4. The third-order valence-corrected chi connectivity index (χ3v) is 5.31. The van der Waals surface area contributed by atoms with E-state index in [0.29, 0.717) is 24.5 Å². The van der Waals surface area contributed by atoms with Crippen LogP contribution in [0, 0.1) is 0 Å². The van der Waals surface area contributed by atoms with E-state index in [-0.39, 0.29) is 34.1 Å². The molecule has 2 aromatic heterocycles. The minimum Gasteiger partial charge on any atom is -0.493 e. The first-order valence-electron chi connectivity index (χ1n) is 9.76. The van der Waals surface area contributed by atoms with Crippen LogP contribution in [0.3, 0.4) is 0 Å². The van der Waals surface area contributed by atoms with Gasteiger partial charge in [-0.25, -0.2) is 4.98 Å². The van der Waals surface area contributed by atoms with Crippen molar-refractivity contribution in [3.8, 4) is 11.5 Å². The molecule has 3 aromatic rings. The molecule has 0 bridgehead atoms. The standard InChI is InChI=1S/C21H23N5O6S/c1-30-13-6-5-12(10-15(13)31-2)7-8-23-16(27)11-33-21-25-18(22)17(20(29)26-21)24-19(28)14-4-3-9-32-14/h3-6,9-10H,7-8,11H2,1-2H3,(H,23,27)(H,24,28)(H3,22,25,26,29). The lowest BCUT2D eigenvalue weighted by molar-refractivity contribution is -0.118. The molecule has 2 heterocycles. The molecule has 0 saturated carbocycles. The zero-order valence-electron chi connectivity index (χ0n) is 18.0. The van der Waals surface area contributed by atoms with E-state index < -0.39 is 11.5 Å². The Balaban J connectivity index is 1.50. The summed E-state index contributed by atoms with van der Waals surface area (Å²) in [6, 6.07) is 8.54.